The second kappa shape index (κ2) is 4.87. The molecule has 20 heavy (non-hydrogen) atoms. The van der Waals surface area contributed by atoms with E-state index >= 15 is 0 Å². The second-order valence-corrected chi connectivity index (χ2v) is 6.23. The summed E-state index contributed by atoms with van der Waals surface area (Å²) in [6.07, 6.45) is 7.65. The van der Waals surface area contributed by atoms with Gasteiger partial charge in [0.2, 0.25) is 0 Å². The van der Waals surface area contributed by atoms with Gasteiger partial charge in [0, 0.05) is 36.3 Å². The standard InChI is InChI=1S/C15H15IN4/c16-20-13-6-7-17-10-12(13)11-4-5-14(18-15(11)20)19-8-2-1-3-9-19/h4-7,10H,1-3,8-9H2. The van der Waals surface area contributed by atoms with E-state index in [9.17, 15) is 0 Å². The van der Waals surface area contributed by atoms with Gasteiger partial charge in [0.25, 0.3) is 0 Å². The average Bonchev–Trinajstić information content (AvgIpc) is 2.81. The van der Waals surface area contributed by atoms with Crippen molar-refractivity contribution < 1.29 is 0 Å². The van der Waals surface area contributed by atoms with E-state index in [4.69, 9.17) is 4.98 Å². The smallest absolute Gasteiger partial charge is 0.152 e. The highest BCUT2D eigenvalue weighted by Crippen LogP contribution is 2.31. The molecular weight excluding hydrogens is 363 g/mol. The van der Waals surface area contributed by atoms with Crippen LogP contribution in [0.15, 0.2) is 30.6 Å². The summed E-state index contributed by atoms with van der Waals surface area (Å²) in [5, 5.41) is 2.36. The molecule has 0 radical (unpaired) electrons. The van der Waals surface area contributed by atoms with Gasteiger partial charge >= 0.3 is 0 Å². The Balaban J connectivity index is 1.90. The largest absolute Gasteiger partial charge is 0.357 e. The zero-order chi connectivity index (χ0) is 13.5. The van der Waals surface area contributed by atoms with Crippen LogP contribution in [-0.2, 0) is 0 Å². The van der Waals surface area contributed by atoms with E-state index < -0.39 is 0 Å². The molecule has 1 fully saturated rings. The molecule has 0 spiro atoms. The first-order valence-corrected chi connectivity index (χ1v) is 7.97. The van der Waals surface area contributed by atoms with Crippen molar-refractivity contribution in [3.05, 3.63) is 30.6 Å². The van der Waals surface area contributed by atoms with Crippen LogP contribution >= 0.6 is 22.9 Å². The third-order valence-corrected chi connectivity index (χ3v) is 5.00. The van der Waals surface area contributed by atoms with E-state index in [1.165, 1.54) is 35.6 Å². The van der Waals surface area contributed by atoms with E-state index in [2.05, 4.69) is 47.7 Å². The Bertz CT molecular complexity index is 774. The average molecular weight is 378 g/mol. The van der Waals surface area contributed by atoms with Crippen LogP contribution in [0.4, 0.5) is 5.82 Å². The molecule has 5 heteroatoms. The summed E-state index contributed by atoms with van der Waals surface area (Å²) in [5.41, 5.74) is 2.22. The number of hydrogen-bond donors (Lipinski definition) is 0. The van der Waals surface area contributed by atoms with Crippen molar-refractivity contribution in [2.24, 2.45) is 0 Å². The summed E-state index contributed by atoms with van der Waals surface area (Å²) in [7, 11) is 0. The summed E-state index contributed by atoms with van der Waals surface area (Å²) in [6.45, 7) is 2.25. The van der Waals surface area contributed by atoms with Crippen LogP contribution in [0.3, 0.4) is 0 Å². The lowest BCUT2D eigenvalue weighted by atomic mass is 10.1. The van der Waals surface area contributed by atoms with Crippen molar-refractivity contribution in [2.75, 3.05) is 18.0 Å². The molecule has 0 saturated carbocycles. The molecule has 4 heterocycles. The molecule has 0 atom stereocenters. The number of pyridine rings is 2. The fraction of sp³-hybridized carbons (Fsp3) is 0.333. The number of nitrogens with zero attached hydrogens (tertiary/aromatic N) is 4. The van der Waals surface area contributed by atoms with Crippen LogP contribution < -0.4 is 4.90 Å². The fourth-order valence-corrected chi connectivity index (χ4v) is 3.77. The minimum Gasteiger partial charge on any atom is -0.357 e. The molecule has 102 valence electrons. The maximum absolute atomic E-state index is 4.89. The first-order valence-electron chi connectivity index (χ1n) is 7.01. The Morgan fingerprint density at radius 2 is 1.85 bits per heavy atom. The van der Waals surface area contributed by atoms with Crippen LogP contribution in [0, 0.1) is 0 Å². The number of fused-ring (bicyclic) bond motifs is 3. The monoisotopic (exact) mass is 378 g/mol. The highest BCUT2D eigenvalue weighted by Gasteiger charge is 2.15. The topological polar surface area (TPSA) is 34.0 Å². The maximum Gasteiger partial charge on any atom is 0.152 e. The lowest BCUT2D eigenvalue weighted by molar-refractivity contribution is 0.574. The molecule has 1 saturated heterocycles. The van der Waals surface area contributed by atoms with Gasteiger partial charge in [0.05, 0.1) is 28.4 Å². The summed E-state index contributed by atoms with van der Waals surface area (Å²) in [5.74, 6) is 1.10. The molecule has 0 bridgehead atoms. The number of hydrogen-bond acceptors (Lipinski definition) is 3. The molecule has 1 aliphatic rings. The molecule has 3 aromatic heterocycles. The number of rotatable bonds is 1. The predicted molar refractivity (Wildman–Crippen MR) is 90.5 cm³/mol. The van der Waals surface area contributed by atoms with Crippen molar-refractivity contribution in [2.45, 2.75) is 19.3 Å². The Morgan fingerprint density at radius 1 is 1.00 bits per heavy atom. The van der Waals surface area contributed by atoms with Gasteiger partial charge in [0.1, 0.15) is 5.82 Å². The quantitative estimate of drug-likeness (QED) is 0.605. The molecule has 0 amide bonds. The number of piperidine rings is 1. The first kappa shape index (κ1) is 12.4. The van der Waals surface area contributed by atoms with Gasteiger partial charge in [-0.2, -0.15) is 0 Å². The number of halogens is 1. The number of anilines is 1. The van der Waals surface area contributed by atoms with Gasteiger partial charge < -0.3 is 4.90 Å². The van der Waals surface area contributed by atoms with Crippen molar-refractivity contribution >= 4 is 50.6 Å². The van der Waals surface area contributed by atoms with Gasteiger partial charge in [-0.25, -0.2) is 4.98 Å². The first-order chi connectivity index (χ1) is 9.84. The van der Waals surface area contributed by atoms with E-state index in [0.717, 1.165) is 24.6 Å². The lowest BCUT2D eigenvalue weighted by Crippen LogP contribution is -2.30. The summed E-state index contributed by atoms with van der Waals surface area (Å²) < 4.78 is 2.14. The molecule has 3 aromatic rings. The normalized spacial score (nSPS) is 16.1. The van der Waals surface area contributed by atoms with Gasteiger partial charge in [0.15, 0.2) is 5.65 Å². The Morgan fingerprint density at radius 3 is 2.70 bits per heavy atom. The van der Waals surface area contributed by atoms with Crippen molar-refractivity contribution in [3.63, 3.8) is 0 Å². The van der Waals surface area contributed by atoms with Gasteiger partial charge in [-0.1, -0.05) is 0 Å². The molecular formula is C15H15IN4. The molecule has 4 nitrogen and oxygen atoms in total. The lowest BCUT2D eigenvalue weighted by Gasteiger charge is -2.27. The van der Waals surface area contributed by atoms with Crippen molar-refractivity contribution in [3.8, 4) is 0 Å². The molecule has 1 aliphatic heterocycles. The SMILES string of the molecule is In1c2ccncc2c2ccc(N3CCCCC3)nc21. The highest BCUT2D eigenvalue weighted by atomic mass is 127. The zero-order valence-electron chi connectivity index (χ0n) is 11.1. The van der Waals surface area contributed by atoms with Crippen LogP contribution in [0.5, 0.6) is 0 Å². The maximum atomic E-state index is 4.89. The highest BCUT2D eigenvalue weighted by molar-refractivity contribution is 14.1. The molecule has 0 unspecified atom stereocenters. The van der Waals surface area contributed by atoms with E-state index in [0.29, 0.717) is 0 Å². The van der Waals surface area contributed by atoms with Crippen molar-refractivity contribution in [1.82, 2.24) is 12.7 Å². The summed E-state index contributed by atoms with van der Waals surface area (Å²) in [6, 6.07) is 6.38. The van der Waals surface area contributed by atoms with Gasteiger partial charge in [-0.15, -0.1) is 0 Å². The van der Waals surface area contributed by atoms with Gasteiger partial charge in [-0.05, 0) is 37.5 Å². The molecule has 0 N–H and O–H groups in total. The Labute approximate surface area is 131 Å². The Kier molecular flexibility index (Phi) is 3.02. The van der Waals surface area contributed by atoms with Crippen LogP contribution in [0.1, 0.15) is 19.3 Å². The molecule has 4 rings (SSSR count). The van der Waals surface area contributed by atoms with Crippen LogP contribution in [-0.4, -0.2) is 25.8 Å². The van der Waals surface area contributed by atoms with Crippen LogP contribution in [0.25, 0.3) is 21.9 Å². The van der Waals surface area contributed by atoms with Crippen LogP contribution in [0.2, 0.25) is 0 Å². The zero-order valence-corrected chi connectivity index (χ0v) is 13.2. The third kappa shape index (κ3) is 1.87. The van der Waals surface area contributed by atoms with E-state index in [1.807, 2.05) is 18.5 Å². The molecule has 0 aromatic carbocycles. The van der Waals surface area contributed by atoms with Gasteiger partial charge in [-0.3, -0.25) is 7.76 Å². The third-order valence-electron chi connectivity index (χ3n) is 4.03. The Hall–Kier alpha value is -1.37. The second-order valence-electron chi connectivity index (χ2n) is 5.26. The summed E-state index contributed by atoms with van der Waals surface area (Å²) in [4.78, 5) is 11.5. The number of aromatic nitrogens is 3. The summed E-state index contributed by atoms with van der Waals surface area (Å²) >= 11 is 2.33. The van der Waals surface area contributed by atoms with E-state index in [1.54, 1.807) is 0 Å². The predicted octanol–water partition coefficient (Wildman–Crippen LogP) is 3.77. The van der Waals surface area contributed by atoms with E-state index in [-0.39, 0.29) is 0 Å². The fourth-order valence-electron chi connectivity index (χ4n) is 2.98. The molecule has 0 aliphatic carbocycles. The minimum atomic E-state index is 1.04. The van der Waals surface area contributed by atoms with Crippen molar-refractivity contribution in [1.29, 1.82) is 0 Å². The minimum absolute atomic E-state index is 1.04.